The van der Waals surface area contributed by atoms with Crippen LogP contribution in [0.15, 0.2) is 18.6 Å². The van der Waals surface area contributed by atoms with Gasteiger partial charge in [0, 0.05) is 51.2 Å². The first kappa shape index (κ1) is 13.0. The fourth-order valence-corrected chi connectivity index (χ4v) is 3.12. The molecule has 0 spiro atoms. The van der Waals surface area contributed by atoms with Crippen LogP contribution in [0.5, 0.6) is 0 Å². The van der Waals surface area contributed by atoms with Crippen LogP contribution in [0.2, 0.25) is 0 Å². The SMILES string of the molecule is OC1(CN2CCC[C@H]2c2cnccn2)CCOCC1. The van der Waals surface area contributed by atoms with Crippen LogP contribution in [0, 0.1) is 0 Å². The summed E-state index contributed by atoms with van der Waals surface area (Å²) < 4.78 is 5.34. The minimum absolute atomic E-state index is 0.306. The number of ether oxygens (including phenoxy) is 1. The van der Waals surface area contributed by atoms with E-state index in [0.717, 1.165) is 44.5 Å². The van der Waals surface area contributed by atoms with E-state index in [1.807, 2.05) is 6.20 Å². The van der Waals surface area contributed by atoms with E-state index >= 15 is 0 Å². The van der Waals surface area contributed by atoms with Gasteiger partial charge in [-0.05, 0) is 19.4 Å². The molecule has 3 rings (SSSR count). The second-order valence-corrected chi connectivity index (χ2v) is 5.60. The van der Waals surface area contributed by atoms with E-state index in [4.69, 9.17) is 4.74 Å². The van der Waals surface area contributed by atoms with Crippen molar-refractivity contribution in [1.29, 1.82) is 0 Å². The number of aromatic nitrogens is 2. The molecule has 1 aromatic rings. The van der Waals surface area contributed by atoms with Crippen LogP contribution in [0.1, 0.15) is 37.4 Å². The molecule has 0 aliphatic carbocycles. The number of hydrogen-bond acceptors (Lipinski definition) is 5. The zero-order valence-electron chi connectivity index (χ0n) is 11.2. The first-order chi connectivity index (χ1) is 9.27. The van der Waals surface area contributed by atoms with Crippen LogP contribution in [0.4, 0.5) is 0 Å². The number of nitrogens with zero attached hydrogens (tertiary/aromatic N) is 3. The Labute approximate surface area is 113 Å². The molecule has 5 nitrogen and oxygen atoms in total. The Morgan fingerprint density at radius 2 is 2.21 bits per heavy atom. The van der Waals surface area contributed by atoms with Gasteiger partial charge in [0.2, 0.25) is 0 Å². The second-order valence-electron chi connectivity index (χ2n) is 5.60. The highest BCUT2D eigenvalue weighted by molar-refractivity contribution is 5.06. The molecule has 2 aliphatic rings. The maximum Gasteiger partial charge on any atom is 0.0818 e. The smallest absolute Gasteiger partial charge is 0.0818 e. The summed E-state index contributed by atoms with van der Waals surface area (Å²) in [7, 11) is 0. The summed E-state index contributed by atoms with van der Waals surface area (Å²) in [6, 6.07) is 0.306. The standard InChI is InChI=1S/C14H21N3O2/c18-14(3-8-19-9-4-14)11-17-7-1-2-13(17)12-10-15-5-6-16-12/h5-6,10,13,18H,1-4,7-9,11H2/t13-/m0/s1. The lowest BCUT2D eigenvalue weighted by atomic mass is 9.93. The van der Waals surface area contributed by atoms with Gasteiger partial charge in [-0.25, -0.2) is 0 Å². The van der Waals surface area contributed by atoms with Crippen molar-refractivity contribution in [3.63, 3.8) is 0 Å². The average Bonchev–Trinajstić information content (AvgIpc) is 2.88. The summed E-state index contributed by atoms with van der Waals surface area (Å²) in [6.45, 7) is 3.09. The Hall–Kier alpha value is -1.04. The van der Waals surface area contributed by atoms with Gasteiger partial charge in [0.25, 0.3) is 0 Å². The van der Waals surface area contributed by atoms with Gasteiger partial charge in [-0.1, -0.05) is 0 Å². The Morgan fingerprint density at radius 1 is 1.37 bits per heavy atom. The first-order valence-electron chi connectivity index (χ1n) is 7.07. The third kappa shape index (κ3) is 2.94. The van der Waals surface area contributed by atoms with Crippen LogP contribution < -0.4 is 0 Å². The highest BCUT2D eigenvalue weighted by Gasteiger charge is 2.36. The first-order valence-corrected chi connectivity index (χ1v) is 7.07. The van der Waals surface area contributed by atoms with Crippen molar-refractivity contribution in [3.05, 3.63) is 24.3 Å². The summed E-state index contributed by atoms with van der Waals surface area (Å²) in [5.74, 6) is 0. The van der Waals surface area contributed by atoms with Crippen LogP contribution in [-0.2, 0) is 4.74 Å². The monoisotopic (exact) mass is 263 g/mol. The van der Waals surface area contributed by atoms with Crippen LogP contribution in [-0.4, -0.2) is 51.9 Å². The molecule has 2 aliphatic heterocycles. The maximum atomic E-state index is 10.6. The summed E-state index contributed by atoms with van der Waals surface area (Å²) in [6.07, 6.45) is 9.02. The van der Waals surface area contributed by atoms with E-state index in [-0.39, 0.29) is 0 Å². The summed E-state index contributed by atoms with van der Waals surface area (Å²) in [5, 5.41) is 10.6. The van der Waals surface area contributed by atoms with Crippen molar-refractivity contribution in [2.45, 2.75) is 37.3 Å². The molecule has 5 heteroatoms. The van der Waals surface area contributed by atoms with Crippen molar-refractivity contribution in [1.82, 2.24) is 14.9 Å². The van der Waals surface area contributed by atoms with Crippen molar-refractivity contribution in [2.75, 3.05) is 26.3 Å². The Bertz CT molecular complexity index is 406. The van der Waals surface area contributed by atoms with Gasteiger partial charge in [0.1, 0.15) is 0 Å². The quantitative estimate of drug-likeness (QED) is 0.886. The summed E-state index contributed by atoms with van der Waals surface area (Å²) in [4.78, 5) is 10.9. The highest BCUT2D eigenvalue weighted by atomic mass is 16.5. The molecule has 1 aromatic heterocycles. The highest BCUT2D eigenvalue weighted by Crippen LogP contribution is 2.33. The predicted octanol–water partition coefficient (Wildman–Crippen LogP) is 1.15. The van der Waals surface area contributed by atoms with Crippen LogP contribution >= 0.6 is 0 Å². The van der Waals surface area contributed by atoms with E-state index in [2.05, 4.69) is 14.9 Å². The lowest BCUT2D eigenvalue weighted by Gasteiger charge is -2.37. The number of likely N-dealkylation sites (tertiary alicyclic amines) is 1. The van der Waals surface area contributed by atoms with Gasteiger partial charge in [-0.15, -0.1) is 0 Å². The van der Waals surface area contributed by atoms with Crippen molar-refractivity contribution in [2.24, 2.45) is 0 Å². The maximum absolute atomic E-state index is 10.6. The molecule has 19 heavy (non-hydrogen) atoms. The summed E-state index contributed by atoms with van der Waals surface area (Å²) in [5.41, 5.74) is 0.430. The minimum atomic E-state index is -0.594. The Morgan fingerprint density at radius 3 is 2.95 bits per heavy atom. The molecular formula is C14H21N3O2. The van der Waals surface area contributed by atoms with Gasteiger partial charge in [0.15, 0.2) is 0 Å². The molecule has 0 unspecified atom stereocenters. The van der Waals surface area contributed by atoms with Crippen LogP contribution in [0.25, 0.3) is 0 Å². The summed E-state index contributed by atoms with van der Waals surface area (Å²) >= 11 is 0. The van der Waals surface area contributed by atoms with Gasteiger partial charge in [-0.2, -0.15) is 0 Å². The van der Waals surface area contributed by atoms with Crippen LogP contribution in [0.3, 0.4) is 0 Å². The van der Waals surface area contributed by atoms with E-state index in [1.54, 1.807) is 12.4 Å². The molecule has 104 valence electrons. The zero-order chi connectivity index (χ0) is 13.1. The van der Waals surface area contributed by atoms with Gasteiger partial charge < -0.3 is 9.84 Å². The molecule has 1 N–H and O–H groups in total. The average molecular weight is 263 g/mol. The van der Waals surface area contributed by atoms with E-state index in [9.17, 15) is 5.11 Å². The molecule has 2 fully saturated rings. The Kier molecular flexibility index (Phi) is 3.77. The number of β-amino-alcohol motifs (C(OH)–C–C–N with tert-alkyl or cyclic N) is 1. The topological polar surface area (TPSA) is 58.5 Å². The Balaban J connectivity index is 1.69. The normalized spacial score (nSPS) is 27.5. The van der Waals surface area contributed by atoms with Gasteiger partial charge in [-0.3, -0.25) is 14.9 Å². The molecule has 1 atom stereocenters. The third-order valence-corrected chi connectivity index (χ3v) is 4.21. The largest absolute Gasteiger partial charge is 0.388 e. The molecule has 0 aromatic carbocycles. The number of rotatable bonds is 3. The number of hydrogen-bond donors (Lipinski definition) is 1. The van der Waals surface area contributed by atoms with Crippen molar-refractivity contribution in [3.8, 4) is 0 Å². The molecule has 0 amide bonds. The molecule has 0 saturated carbocycles. The predicted molar refractivity (Wildman–Crippen MR) is 70.6 cm³/mol. The lowest BCUT2D eigenvalue weighted by Crippen LogP contribution is -2.46. The molecule has 3 heterocycles. The fourth-order valence-electron chi connectivity index (χ4n) is 3.12. The molecule has 0 bridgehead atoms. The van der Waals surface area contributed by atoms with Crippen molar-refractivity contribution >= 4 is 0 Å². The number of aliphatic hydroxyl groups is 1. The molecule has 0 radical (unpaired) electrons. The second kappa shape index (κ2) is 5.53. The van der Waals surface area contributed by atoms with Gasteiger partial charge >= 0.3 is 0 Å². The molecule has 2 saturated heterocycles. The third-order valence-electron chi connectivity index (χ3n) is 4.21. The van der Waals surface area contributed by atoms with E-state index in [0.29, 0.717) is 19.3 Å². The van der Waals surface area contributed by atoms with Gasteiger partial charge in [0.05, 0.1) is 17.3 Å². The minimum Gasteiger partial charge on any atom is -0.388 e. The van der Waals surface area contributed by atoms with Crippen molar-refractivity contribution < 1.29 is 9.84 Å². The fraction of sp³-hybridized carbons (Fsp3) is 0.714. The molecular weight excluding hydrogens is 242 g/mol. The van der Waals surface area contributed by atoms with E-state index in [1.165, 1.54) is 0 Å². The van der Waals surface area contributed by atoms with E-state index < -0.39 is 5.60 Å². The lowest BCUT2D eigenvalue weighted by molar-refractivity contribution is -0.0817. The zero-order valence-corrected chi connectivity index (χ0v) is 11.2.